The lowest BCUT2D eigenvalue weighted by Crippen LogP contribution is -2.01. The first-order valence-electron chi connectivity index (χ1n) is 4.73. The van der Waals surface area contributed by atoms with E-state index in [0.29, 0.717) is 6.61 Å². The average Bonchev–Trinajstić information content (AvgIpc) is 2.96. The van der Waals surface area contributed by atoms with Crippen molar-refractivity contribution in [2.24, 2.45) is 0 Å². The molecule has 1 fully saturated rings. The molecule has 0 aliphatic carbocycles. The van der Waals surface area contributed by atoms with E-state index in [1.54, 1.807) is 6.08 Å². The molecule has 1 aliphatic rings. The maximum absolute atomic E-state index is 5.38. The van der Waals surface area contributed by atoms with E-state index in [1.165, 1.54) is 5.56 Å². The van der Waals surface area contributed by atoms with Gasteiger partial charge in [-0.25, -0.2) is 0 Å². The maximum atomic E-state index is 5.38. The molecule has 1 saturated heterocycles. The van der Waals surface area contributed by atoms with Crippen LogP contribution in [-0.4, -0.2) is 13.2 Å². The fourth-order valence-electron chi connectivity index (χ4n) is 1.33. The van der Waals surface area contributed by atoms with E-state index in [-0.39, 0.29) is 5.60 Å². The predicted molar refractivity (Wildman–Crippen MR) is 55.4 cm³/mol. The number of benzene rings is 1. The average molecular weight is 190 g/mol. The lowest BCUT2D eigenvalue weighted by Gasteiger charge is -2.07. The number of hydrogen-bond donors (Lipinski definition) is 0. The van der Waals surface area contributed by atoms with Crippen LogP contribution in [0.5, 0.6) is 5.75 Å². The van der Waals surface area contributed by atoms with Gasteiger partial charge in [-0.3, -0.25) is 0 Å². The first-order valence-corrected chi connectivity index (χ1v) is 4.73. The fraction of sp³-hybridized carbons (Fsp3) is 0.333. The molecule has 2 heteroatoms. The number of hydrogen-bond acceptors (Lipinski definition) is 2. The minimum absolute atomic E-state index is 0.0447. The van der Waals surface area contributed by atoms with Crippen LogP contribution in [0, 0.1) is 0 Å². The molecule has 1 atom stereocenters. The molecular formula is C12H14O2. The van der Waals surface area contributed by atoms with Crippen molar-refractivity contribution in [1.82, 2.24) is 0 Å². The molecule has 0 bridgehead atoms. The van der Waals surface area contributed by atoms with Crippen molar-refractivity contribution in [2.75, 3.05) is 13.2 Å². The van der Waals surface area contributed by atoms with Crippen LogP contribution in [0.15, 0.2) is 36.9 Å². The van der Waals surface area contributed by atoms with Gasteiger partial charge >= 0.3 is 0 Å². The highest BCUT2D eigenvalue weighted by Gasteiger charge is 2.40. The lowest BCUT2D eigenvalue weighted by atomic mass is 10.0. The van der Waals surface area contributed by atoms with Gasteiger partial charge < -0.3 is 9.47 Å². The first-order chi connectivity index (χ1) is 6.74. The third-order valence-electron chi connectivity index (χ3n) is 2.41. The van der Waals surface area contributed by atoms with Crippen molar-refractivity contribution in [1.29, 1.82) is 0 Å². The maximum Gasteiger partial charge on any atom is 0.119 e. The van der Waals surface area contributed by atoms with Crippen LogP contribution < -0.4 is 4.74 Å². The van der Waals surface area contributed by atoms with Gasteiger partial charge in [0.05, 0.1) is 6.61 Å². The molecule has 1 heterocycles. The second-order valence-electron chi connectivity index (χ2n) is 3.64. The molecule has 74 valence electrons. The summed E-state index contributed by atoms with van der Waals surface area (Å²) in [4.78, 5) is 0. The summed E-state index contributed by atoms with van der Waals surface area (Å²) in [7, 11) is 0. The third-order valence-corrected chi connectivity index (χ3v) is 2.41. The molecule has 0 aromatic heterocycles. The Morgan fingerprint density at radius 1 is 1.50 bits per heavy atom. The quantitative estimate of drug-likeness (QED) is 0.537. The van der Waals surface area contributed by atoms with Crippen molar-refractivity contribution in [3.05, 3.63) is 42.5 Å². The van der Waals surface area contributed by atoms with Crippen LogP contribution in [0.25, 0.3) is 0 Å². The largest absolute Gasteiger partial charge is 0.490 e. The van der Waals surface area contributed by atoms with Crippen LogP contribution in [0.4, 0.5) is 0 Å². The van der Waals surface area contributed by atoms with E-state index in [2.05, 4.69) is 13.5 Å². The summed E-state index contributed by atoms with van der Waals surface area (Å²) in [5.74, 6) is 0.873. The van der Waals surface area contributed by atoms with Crippen molar-refractivity contribution in [2.45, 2.75) is 12.5 Å². The van der Waals surface area contributed by atoms with E-state index < -0.39 is 0 Å². The molecule has 14 heavy (non-hydrogen) atoms. The summed E-state index contributed by atoms with van der Waals surface area (Å²) in [5, 5.41) is 0. The van der Waals surface area contributed by atoms with Crippen LogP contribution in [-0.2, 0) is 10.3 Å². The summed E-state index contributed by atoms with van der Waals surface area (Å²) in [6.07, 6.45) is 1.74. The minimum Gasteiger partial charge on any atom is -0.490 e. The summed E-state index contributed by atoms with van der Waals surface area (Å²) < 4.78 is 10.7. The van der Waals surface area contributed by atoms with E-state index in [0.717, 1.165) is 12.4 Å². The number of epoxide rings is 1. The zero-order valence-electron chi connectivity index (χ0n) is 8.32. The summed E-state index contributed by atoms with van der Waals surface area (Å²) >= 11 is 0. The summed E-state index contributed by atoms with van der Waals surface area (Å²) in [6.45, 7) is 7.06. The van der Waals surface area contributed by atoms with Crippen LogP contribution in [0.1, 0.15) is 12.5 Å². The molecular weight excluding hydrogens is 176 g/mol. The Morgan fingerprint density at radius 3 is 2.64 bits per heavy atom. The van der Waals surface area contributed by atoms with E-state index in [4.69, 9.17) is 9.47 Å². The molecule has 2 rings (SSSR count). The standard InChI is InChI=1S/C12H14O2/c1-3-8-13-11-6-4-10(5-7-11)12(2)9-14-12/h3-7H,1,8-9H2,2H3. The Hall–Kier alpha value is -1.28. The summed E-state index contributed by atoms with van der Waals surface area (Å²) in [5.41, 5.74) is 1.17. The molecule has 0 radical (unpaired) electrons. The molecule has 1 aromatic carbocycles. The normalized spacial score (nSPS) is 24.4. The molecule has 0 amide bonds. The van der Waals surface area contributed by atoms with E-state index >= 15 is 0 Å². The second kappa shape index (κ2) is 3.46. The van der Waals surface area contributed by atoms with Gasteiger partial charge in [0.2, 0.25) is 0 Å². The SMILES string of the molecule is C=CCOc1ccc(C2(C)CO2)cc1. The molecule has 2 nitrogen and oxygen atoms in total. The van der Waals surface area contributed by atoms with Gasteiger partial charge in [-0.1, -0.05) is 24.8 Å². The van der Waals surface area contributed by atoms with Crippen LogP contribution >= 0.6 is 0 Å². The van der Waals surface area contributed by atoms with E-state index in [9.17, 15) is 0 Å². The van der Waals surface area contributed by atoms with Gasteiger partial charge in [0.15, 0.2) is 0 Å². The topological polar surface area (TPSA) is 21.8 Å². The van der Waals surface area contributed by atoms with Crippen LogP contribution in [0.2, 0.25) is 0 Å². The zero-order chi connectivity index (χ0) is 10.0. The van der Waals surface area contributed by atoms with Crippen molar-refractivity contribution >= 4 is 0 Å². The Balaban J connectivity index is 2.06. The lowest BCUT2D eigenvalue weighted by molar-refractivity contribution is 0.328. The number of ether oxygens (including phenoxy) is 2. The fourth-order valence-corrected chi connectivity index (χ4v) is 1.33. The molecule has 1 aliphatic heterocycles. The van der Waals surface area contributed by atoms with Gasteiger partial charge in [-0.2, -0.15) is 0 Å². The predicted octanol–water partition coefficient (Wildman–Crippen LogP) is 2.50. The van der Waals surface area contributed by atoms with Crippen LogP contribution in [0.3, 0.4) is 0 Å². The molecule has 1 unspecified atom stereocenters. The highest BCUT2D eigenvalue weighted by Crippen LogP contribution is 2.38. The zero-order valence-corrected chi connectivity index (χ0v) is 8.32. The highest BCUT2D eigenvalue weighted by atomic mass is 16.6. The van der Waals surface area contributed by atoms with Crippen molar-refractivity contribution in [3.8, 4) is 5.75 Å². The monoisotopic (exact) mass is 190 g/mol. The van der Waals surface area contributed by atoms with Gasteiger partial charge in [-0.05, 0) is 24.6 Å². The Kier molecular flexibility index (Phi) is 2.30. The molecule has 1 aromatic rings. The highest BCUT2D eigenvalue weighted by molar-refractivity contribution is 5.32. The van der Waals surface area contributed by atoms with Crippen molar-refractivity contribution in [3.63, 3.8) is 0 Å². The van der Waals surface area contributed by atoms with Gasteiger partial charge in [0.25, 0.3) is 0 Å². The Morgan fingerprint density at radius 2 is 2.14 bits per heavy atom. The minimum atomic E-state index is -0.0447. The van der Waals surface area contributed by atoms with Gasteiger partial charge in [0.1, 0.15) is 18.0 Å². The van der Waals surface area contributed by atoms with Gasteiger partial charge in [-0.15, -0.1) is 0 Å². The number of rotatable bonds is 4. The first kappa shape index (κ1) is 9.28. The Labute approximate surface area is 84.2 Å². The van der Waals surface area contributed by atoms with E-state index in [1.807, 2.05) is 24.3 Å². The molecule has 0 spiro atoms. The summed E-state index contributed by atoms with van der Waals surface area (Å²) in [6, 6.07) is 8.02. The smallest absolute Gasteiger partial charge is 0.119 e. The Bertz CT molecular complexity index is 323. The molecule has 0 saturated carbocycles. The molecule has 0 N–H and O–H groups in total. The van der Waals surface area contributed by atoms with Gasteiger partial charge in [0, 0.05) is 0 Å². The third kappa shape index (κ3) is 1.80. The second-order valence-corrected chi connectivity index (χ2v) is 3.64. The van der Waals surface area contributed by atoms with Crippen molar-refractivity contribution < 1.29 is 9.47 Å².